The zero-order valence-corrected chi connectivity index (χ0v) is 17.8. The van der Waals surface area contributed by atoms with E-state index in [2.05, 4.69) is 20.6 Å². The molecule has 0 aliphatic rings. The number of ether oxygens (including phenoxy) is 1. The molecular formula is C22H19ClN4O2S. The van der Waals surface area contributed by atoms with Gasteiger partial charge in [0.25, 0.3) is 0 Å². The minimum absolute atomic E-state index is 0.0868. The van der Waals surface area contributed by atoms with Crippen molar-refractivity contribution in [2.45, 2.75) is 0 Å². The molecule has 4 rings (SSSR count). The third-order valence-electron chi connectivity index (χ3n) is 4.39. The molecule has 0 aliphatic heterocycles. The van der Waals surface area contributed by atoms with E-state index in [1.807, 2.05) is 36.7 Å². The lowest BCUT2D eigenvalue weighted by molar-refractivity contribution is 0.104. The zero-order chi connectivity index (χ0) is 20.9. The number of rotatable bonds is 8. The van der Waals surface area contributed by atoms with Crippen LogP contribution in [0.2, 0.25) is 5.02 Å². The summed E-state index contributed by atoms with van der Waals surface area (Å²) in [7, 11) is 1.88. The van der Waals surface area contributed by atoms with Crippen molar-refractivity contribution in [3.8, 4) is 5.75 Å². The Morgan fingerprint density at radius 3 is 2.87 bits per heavy atom. The zero-order valence-electron chi connectivity index (χ0n) is 16.2. The minimum Gasteiger partial charge on any atom is -0.492 e. The van der Waals surface area contributed by atoms with Crippen LogP contribution in [0.5, 0.6) is 5.75 Å². The van der Waals surface area contributed by atoms with Gasteiger partial charge in [-0.15, -0.1) is 11.3 Å². The average Bonchev–Trinajstić information content (AvgIpc) is 3.29. The Kier molecular flexibility index (Phi) is 6.23. The first-order valence-corrected chi connectivity index (χ1v) is 10.6. The van der Waals surface area contributed by atoms with Crippen LogP contribution in [0.4, 0.5) is 11.6 Å². The molecule has 2 aromatic heterocycles. The van der Waals surface area contributed by atoms with Gasteiger partial charge in [0, 0.05) is 29.4 Å². The summed E-state index contributed by atoms with van der Waals surface area (Å²) < 4.78 is 5.68. The van der Waals surface area contributed by atoms with E-state index in [-0.39, 0.29) is 5.78 Å². The maximum absolute atomic E-state index is 12.5. The van der Waals surface area contributed by atoms with Gasteiger partial charge in [-0.3, -0.25) is 4.79 Å². The number of thiophene rings is 1. The van der Waals surface area contributed by atoms with Gasteiger partial charge in [-0.2, -0.15) is 0 Å². The molecule has 0 atom stereocenters. The van der Waals surface area contributed by atoms with Crippen LogP contribution in [-0.2, 0) is 0 Å². The van der Waals surface area contributed by atoms with Crippen LogP contribution in [0.3, 0.4) is 0 Å². The van der Waals surface area contributed by atoms with Gasteiger partial charge in [-0.05, 0) is 54.9 Å². The molecule has 0 saturated heterocycles. The fourth-order valence-corrected chi connectivity index (χ4v) is 3.82. The Hall–Kier alpha value is -3.00. The van der Waals surface area contributed by atoms with Gasteiger partial charge in [0.15, 0.2) is 0 Å². The van der Waals surface area contributed by atoms with E-state index >= 15 is 0 Å². The van der Waals surface area contributed by atoms with Crippen molar-refractivity contribution < 1.29 is 9.53 Å². The van der Waals surface area contributed by atoms with E-state index < -0.39 is 0 Å². The first-order chi connectivity index (χ1) is 14.6. The predicted octanol–water partition coefficient (Wildman–Crippen LogP) is 4.92. The molecule has 0 fully saturated rings. The summed E-state index contributed by atoms with van der Waals surface area (Å²) in [6.45, 7) is 1.37. The van der Waals surface area contributed by atoms with E-state index in [9.17, 15) is 4.79 Å². The standard InChI is InChI=1S/C22H19ClN4O2S/c1-24-8-9-29-16-5-7-19-14(11-16)13-25-22(27-19)26-15-4-6-17(18(23)12-15)21(28)20-3-2-10-30-20/h2-7,10-13,24H,8-9H2,1H3,(H,25,26,27). The van der Waals surface area contributed by atoms with Gasteiger partial charge >= 0.3 is 0 Å². The molecule has 2 N–H and O–H groups in total. The second-order valence-electron chi connectivity index (χ2n) is 6.49. The molecular weight excluding hydrogens is 420 g/mol. The van der Waals surface area contributed by atoms with Crippen LogP contribution in [0.15, 0.2) is 60.1 Å². The Balaban J connectivity index is 1.50. The molecule has 2 heterocycles. The summed E-state index contributed by atoms with van der Waals surface area (Å²) >= 11 is 7.75. The van der Waals surface area contributed by atoms with Crippen LogP contribution in [-0.4, -0.2) is 36.0 Å². The lowest BCUT2D eigenvalue weighted by Gasteiger charge is -2.09. The number of nitrogens with one attached hydrogen (secondary N) is 2. The smallest absolute Gasteiger partial charge is 0.227 e. The molecule has 6 nitrogen and oxygen atoms in total. The number of carbonyl (C=O) groups is 1. The van der Waals surface area contributed by atoms with Gasteiger partial charge in [-0.25, -0.2) is 9.97 Å². The monoisotopic (exact) mass is 438 g/mol. The van der Waals surface area contributed by atoms with E-state index in [0.29, 0.717) is 33.7 Å². The summed E-state index contributed by atoms with van der Waals surface area (Å²) in [5.74, 6) is 1.14. The summed E-state index contributed by atoms with van der Waals surface area (Å²) in [6, 6.07) is 14.5. The second kappa shape index (κ2) is 9.21. The van der Waals surface area contributed by atoms with Crippen LogP contribution >= 0.6 is 22.9 Å². The largest absolute Gasteiger partial charge is 0.492 e. The molecule has 0 amide bonds. The van der Waals surface area contributed by atoms with Crippen molar-refractivity contribution in [1.29, 1.82) is 0 Å². The van der Waals surface area contributed by atoms with Crippen molar-refractivity contribution in [2.75, 3.05) is 25.5 Å². The number of hydrogen-bond donors (Lipinski definition) is 2. The normalized spacial score (nSPS) is 10.9. The highest BCUT2D eigenvalue weighted by molar-refractivity contribution is 7.12. The van der Waals surface area contributed by atoms with Gasteiger partial charge < -0.3 is 15.4 Å². The molecule has 0 aliphatic carbocycles. The van der Waals surface area contributed by atoms with Crippen molar-refractivity contribution in [2.24, 2.45) is 0 Å². The molecule has 4 aromatic rings. The summed E-state index contributed by atoms with van der Waals surface area (Å²) in [5, 5.41) is 9.31. The third-order valence-corrected chi connectivity index (χ3v) is 5.57. The average molecular weight is 439 g/mol. The summed E-state index contributed by atoms with van der Waals surface area (Å²) in [4.78, 5) is 22.1. The number of halogens is 1. The van der Waals surface area contributed by atoms with Crippen LogP contribution in [0, 0.1) is 0 Å². The number of benzene rings is 2. The van der Waals surface area contributed by atoms with E-state index in [1.54, 1.807) is 30.5 Å². The molecule has 2 aromatic carbocycles. The Morgan fingerprint density at radius 1 is 1.20 bits per heavy atom. The van der Waals surface area contributed by atoms with Gasteiger partial charge in [0.1, 0.15) is 12.4 Å². The number of nitrogens with zero attached hydrogens (tertiary/aromatic N) is 2. The molecule has 0 spiro atoms. The summed E-state index contributed by atoms with van der Waals surface area (Å²) in [6.07, 6.45) is 1.74. The number of hydrogen-bond acceptors (Lipinski definition) is 7. The fourth-order valence-electron chi connectivity index (χ4n) is 2.88. The number of anilines is 2. The molecule has 30 heavy (non-hydrogen) atoms. The maximum Gasteiger partial charge on any atom is 0.227 e. The first-order valence-electron chi connectivity index (χ1n) is 9.33. The predicted molar refractivity (Wildman–Crippen MR) is 121 cm³/mol. The van der Waals surface area contributed by atoms with Gasteiger partial charge in [-0.1, -0.05) is 17.7 Å². The summed E-state index contributed by atoms with van der Waals surface area (Å²) in [5.41, 5.74) is 1.97. The highest BCUT2D eigenvalue weighted by Gasteiger charge is 2.14. The molecule has 8 heteroatoms. The minimum atomic E-state index is -0.0868. The quantitative estimate of drug-likeness (QED) is 0.300. The lowest BCUT2D eigenvalue weighted by atomic mass is 10.1. The van der Waals surface area contributed by atoms with Crippen LogP contribution < -0.4 is 15.4 Å². The van der Waals surface area contributed by atoms with Gasteiger partial charge in [0.05, 0.1) is 15.4 Å². The van der Waals surface area contributed by atoms with Crippen LogP contribution in [0.1, 0.15) is 15.2 Å². The lowest BCUT2D eigenvalue weighted by Crippen LogP contribution is -2.15. The molecule has 0 unspecified atom stereocenters. The topological polar surface area (TPSA) is 76.1 Å². The molecule has 152 valence electrons. The van der Waals surface area contributed by atoms with E-state index in [4.69, 9.17) is 16.3 Å². The molecule has 0 bridgehead atoms. The Labute approximate surface area is 182 Å². The SMILES string of the molecule is CNCCOc1ccc2nc(Nc3ccc(C(=O)c4cccs4)c(Cl)c3)ncc2c1. The number of carbonyl (C=O) groups excluding carboxylic acids is 1. The molecule has 0 saturated carbocycles. The number of likely N-dealkylation sites (N-methyl/N-ethyl adjacent to an activating group) is 1. The van der Waals surface area contributed by atoms with E-state index in [1.165, 1.54) is 11.3 Å². The highest BCUT2D eigenvalue weighted by Crippen LogP contribution is 2.27. The maximum atomic E-state index is 12.5. The third kappa shape index (κ3) is 4.59. The van der Waals surface area contributed by atoms with E-state index in [0.717, 1.165) is 23.2 Å². The van der Waals surface area contributed by atoms with Crippen molar-refractivity contribution in [3.63, 3.8) is 0 Å². The second-order valence-corrected chi connectivity index (χ2v) is 7.85. The first kappa shape index (κ1) is 20.3. The Bertz CT molecular complexity index is 1180. The fraction of sp³-hybridized carbons (Fsp3) is 0.136. The number of fused-ring (bicyclic) bond motifs is 1. The van der Waals surface area contributed by atoms with Crippen molar-refractivity contribution in [1.82, 2.24) is 15.3 Å². The number of aromatic nitrogens is 2. The van der Waals surface area contributed by atoms with Crippen molar-refractivity contribution >= 4 is 51.3 Å². The van der Waals surface area contributed by atoms with Crippen LogP contribution in [0.25, 0.3) is 10.9 Å². The Morgan fingerprint density at radius 2 is 2.10 bits per heavy atom. The molecule has 0 radical (unpaired) electrons. The van der Waals surface area contributed by atoms with Crippen molar-refractivity contribution in [3.05, 3.63) is 75.6 Å². The highest BCUT2D eigenvalue weighted by atomic mass is 35.5. The van der Waals surface area contributed by atoms with Gasteiger partial charge in [0.2, 0.25) is 11.7 Å². The number of ketones is 1.